The van der Waals surface area contributed by atoms with Crippen molar-refractivity contribution < 1.29 is 13.2 Å². The highest BCUT2D eigenvalue weighted by molar-refractivity contribution is 5.95. The molecule has 0 spiro atoms. The summed E-state index contributed by atoms with van der Waals surface area (Å²) >= 11 is 0. The van der Waals surface area contributed by atoms with Crippen molar-refractivity contribution in [3.05, 3.63) is 58.8 Å². The molecule has 0 saturated carbocycles. The van der Waals surface area contributed by atoms with Gasteiger partial charge in [-0.3, -0.25) is 4.90 Å². The zero-order chi connectivity index (χ0) is 24.2. The van der Waals surface area contributed by atoms with Gasteiger partial charge in [0.15, 0.2) is 5.82 Å². The molecule has 34 heavy (non-hydrogen) atoms. The minimum absolute atomic E-state index is 0.230. The van der Waals surface area contributed by atoms with Crippen LogP contribution in [0.15, 0.2) is 36.4 Å². The molecule has 0 aliphatic carbocycles. The van der Waals surface area contributed by atoms with Gasteiger partial charge in [0, 0.05) is 41.6 Å². The monoisotopic (exact) mass is 469 g/mol. The van der Waals surface area contributed by atoms with Crippen LogP contribution in [-0.4, -0.2) is 47.3 Å². The number of hydrogen-bond acceptors (Lipinski definition) is 5. The number of aryl methyl sites for hydroxylation is 1. The molecule has 0 unspecified atom stereocenters. The maximum atomic E-state index is 13.4. The van der Waals surface area contributed by atoms with Gasteiger partial charge in [-0.15, -0.1) is 5.10 Å². The van der Waals surface area contributed by atoms with Crippen molar-refractivity contribution in [2.45, 2.75) is 57.9 Å². The third-order valence-corrected chi connectivity index (χ3v) is 7.58. The summed E-state index contributed by atoms with van der Waals surface area (Å²) in [5.41, 5.74) is 2.21. The summed E-state index contributed by atoms with van der Waals surface area (Å²) in [6, 6.07) is 11.4. The van der Waals surface area contributed by atoms with E-state index in [9.17, 15) is 13.2 Å². The molecule has 1 N–H and O–H groups in total. The second-order valence-electron chi connectivity index (χ2n) is 9.72. The predicted octanol–water partition coefficient (Wildman–Crippen LogP) is 5.72. The molecule has 3 saturated heterocycles. The Kier molecular flexibility index (Phi) is 5.67. The Bertz CT molecular complexity index is 1230. The molecule has 4 heterocycles. The molecule has 3 aliphatic rings. The number of aromatic nitrogens is 2. The minimum atomic E-state index is -4.38. The summed E-state index contributed by atoms with van der Waals surface area (Å²) in [6.07, 6.45) is -1.96. The lowest BCUT2D eigenvalue weighted by atomic mass is 9.90. The molecular formula is C26H30F3N5. The topological polar surface area (TPSA) is 44.3 Å². The molecule has 2 bridgehead atoms. The number of nitrogens with zero attached hydrogens (tertiary/aromatic N) is 4. The lowest BCUT2D eigenvalue weighted by Crippen LogP contribution is -2.61. The molecule has 1 aromatic heterocycles. The highest BCUT2D eigenvalue weighted by atomic mass is 19.4. The number of alkyl halides is 3. The summed E-state index contributed by atoms with van der Waals surface area (Å²) < 4.78 is 40.3. The molecule has 0 radical (unpaired) electrons. The Morgan fingerprint density at radius 1 is 1.00 bits per heavy atom. The normalized spacial score (nSPS) is 21.8. The summed E-state index contributed by atoms with van der Waals surface area (Å²) in [7, 11) is 2.20. The Morgan fingerprint density at radius 3 is 2.44 bits per heavy atom. The van der Waals surface area contributed by atoms with Crippen LogP contribution in [0.2, 0.25) is 0 Å². The number of halogens is 3. The number of piperazine rings is 1. The summed E-state index contributed by atoms with van der Waals surface area (Å²) in [4.78, 5) is 4.95. The fourth-order valence-electron chi connectivity index (χ4n) is 5.63. The number of anilines is 2. The number of rotatable bonds is 4. The van der Waals surface area contributed by atoms with Gasteiger partial charge in [0.05, 0.1) is 17.3 Å². The summed E-state index contributed by atoms with van der Waals surface area (Å²) in [5, 5.41) is 14.0. The van der Waals surface area contributed by atoms with Crippen LogP contribution >= 0.6 is 0 Å². The molecule has 6 rings (SSSR count). The van der Waals surface area contributed by atoms with Gasteiger partial charge in [-0.1, -0.05) is 18.2 Å². The molecule has 3 fully saturated rings. The van der Waals surface area contributed by atoms with Crippen molar-refractivity contribution in [1.29, 1.82) is 0 Å². The van der Waals surface area contributed by atoms with Gasteiger partial charge in [0.25, 0.3) is 0 Å². The number of benzene rings is 2. The fraction of sp³-hybridized carbons (Fsp3) is 0.462. The number of fused-ring (bicyclic) bond motifs is 4. The Balaban J connectivity index is 1.50. The van der Waals surface area contributed by atoms with Gasteiger partial charge in [-0.2, -0.15) is 18.3 Å². The molecule has 3 aromatic rings. The first kappa shape index (κ1) is 22.9. The van der Waals surface area contributed by atoms with Gasteiger partial charge in [0.2, 0.25) is 0 Å². The Hall–Kier alpha value is -2.87. The van der Waals surface area contributed by atoms with E-state index in [1.54, 1.807) is 6.07 Å². The maximum Gasteiger partial charge on any atom is 0.416 e. The van der Waals surface area contributed by atoms with Crippen LogP contribution in [0, 0.1) is 13.8 Å². The number of nitrogens with one attached hydrogen (secondary N) is 1. The van der Waals surface area contributed by atoms with Gasteiger partial charge >= 0.3 is 6.18 Å². The van der Waals surface area contributed by atoms with E-state index in [1.807, 2.05) is 13.8 Å². The van der Waals surface area contributed by atoms with E-state index in [0.29, 0.717) is 23.5 Å². The lowest BCUT2D eigenvalue weighted by molar-refractivity contribution is -0.138. The van der Waals surface area contributed by atoms with Crippen LogP contribution in [0.4, 0.5) is 24.7 Å². The second-order valence-corrected chi connectivity index (χ2v) is 9.72. The van der Waals surface area contributed by atoms with Crippen molar-refractivity contribution in [3.8, 4) is 0 Å². The first-order valence-electron chi connectivity index (χ1n) is 11.8. The quantitative estimate of drug-likeness (QED) is 0.529. The third-order valence-electron chi connectivity index (χ3n) is 7.58. The zero-order valence-electron chi connectivity index (χ0n) is 19.9. The molecule has 5 nitrogen and oxygen atoms in total. The second kappa shape index (κ2) is 8.41. The van der Waals surface area contributed by atoms with Crippen molar-refractivity contribution in [2.24, 2.45) is 0 Å². The summed E-state index contributed by atoms with van der Waals surface area (Å²) in [5.74, 6) is 0.589. The van der Waals surface area contributed by atoms with E-state index >= 15 is 0 Å². The molecule has 0 amide bonds. The van der Waals surface area contributed by atoms with Crippen LogP contribution in [0.5, 0.6) is 0 Å². The molecule has 3 aliphatic heterocycles. The SMILES string of the molecule is Cc1c([C@@H](C)Nc2nnc(C)c3ccc(N4C[C@H]5CC[C@@H]4CN5C)cc23)cccc1C(F)(F)F. The van der Waals surface area contributed by atoms with Crippen molar-refractivity contribution >= 4 is 22.3 Å². The first-order valence-corrected chi connectivity index (χ1v) is 11.8. The minimum Gasteiger partial charge on any atom is -0.366 e. The highest BCUT2D eigenvalue weighted by Crippen LogP contribution is 2.37. The van der Waals surface area contributed by atoms with Crippen LogP contribution in [0.25, 0.3) is 10.8 Å². The van der Waals surface area contributed by atoms with Crippen LogP contribution in [0.3, 0.4) is 0 Å². The van der Waals surface area contributed by atoms with Crippen molar-refractivity contribution in [1.82, 2.24) is 15.1 Å². The van der Waals surface area contributed by atoms with Gasteiger partial charge in [-0.05, 0) is 70.0 Å². The maximum absolute atomic E-state index is 13.4. The third kappa shape index (κ3) is 3.98. The van der Waals surface area contributed by atoms with Crippen LogP contribution in [0.1, 0.15) is 48.2 Å². The molecule has 8 heteroatoms. The highest BCUT2D eigenvalue weighted by Gasteiger charge is 2.37. The zero-order valence-corrected chi connectivity index (χ0v) is 19.9. The van der Waals surface area contributed by atoms with E-state index in [4.69, 9.17) is 0 Å². The van der Waals surface area contributed by atoms with E-state index in [1.165, 1.54) is 25.8 Å². The van der Waals surface area contributed by atoms with E-state index in [-0.39, 0.29) is 11.6 Å². The first-order chi connectivity index (χ1) is 16.1. The van der Waals surface area contributed by atoms with Gasteiger partial charge < -0.3 is 10.2 Å². The predicted molar refractivity (Wildman–Crippen MR) is 129 cm³/mol. The Labute approximate surface area is 198 Å². The van der Waals surface area contributed by atoms with Crippen LogP contribution in [-0.2, 0) is 6.18 Å². The molecule has 3 atom stereocenters. The number of piperidine rings is 2. The van der Waals surface area contributed by atoms with Gasteiger partial charge in [0.1, 0.15) is 0 Å². The lowest BCUT2D eigenvalue weighted by Gasteiger charge is -2.51. The fourth-order valence-corrected chi connectivity index (χ4v) is 5.63. The number of hydrogen-bond donors (Lipinski definition) is 1. The Morgan fingerprint density at radius 2 is 1.76 bits per heavy atom. The standard InChI is InChI=1S/C26H30F3N5/c1-15-21(6-5-7-24(15)26(27,28)29)16(2)30-25-23-12-18(10-11-22(23)17(3)31-32-25)34-14-19-8-9-20(34)13-33(19)4/h5-7,10-12,16,19-20H,8-9,13-14H2,1-4H3,(H,30,32)/t16-,19-,20-/m1/s1. The summed E-state index contributed by atoms with van der Waals surface area (Å²) in [6.45, 7) is 7.38. The average molecular weight is 470 g/mol. The average Bonchev–Trinajstić information content (AvgIpc) is 2.80. The number of likely N-dealkylation sites (N-methyl/N-ethyl adjacent to an activating group) is 1. The van der Waals surface area contributed by atoms with Gasteiger partial charge in [-0.25, -0.2) is 0 Å². The van der Waals surface area contributed by atoms with E-state index in [2.05, 4.69) is 50.6 Å². The van der Waals surface area contributed by atoms with Crippen molar-refractivity contribution in [3.63, 3.8) is 0 Å². The van der Waals surface area contributed by atoms with Crippen molar-refractivity contribution in [2.75, 3.05) is 30.4 Å². The smallest absolute Gasteiger partial charge is 0.366 e. The molecular weight excluding hydrogens is 439 g/mol. The van der Waals surface area contributed by atoms with E-state index in [0.717, 1.165) is 41.3 Å². The van der Waals surface area contributed by atoms with Crippen LogP contribution < -0.4 is 10.2 Å². The van der Waals surface area contributed by atoms with E-state index < -0.39 is 11.7 Å². The molecule has 180 valence electrons. The molecule has 2 aromatic carbocycles. The largest absolute Gasteiger partial charge is 0.416 e.